The number of benzene rings is 1. The van der Waals surface area contributed by atoms with Crippen molar-refractivity contribution < 1.29 is 15.9 Å². The van der Waals surface area contributed by atoms with E-state index >= 15 is 0 Å². The van der Waals surface area contributed by atoms with Crippen molar-refractivity contribution in [1.29, 1.82) is 0 Å². The third kappa shape index (κ3) is 3.66. The zero-order chi connectivity index (χ0) is 12.7. The number of esters is 1. The van der Waals surface area contributed by atoms with Crippen LogP contribution in [0.3, 0.4) is 0 Å². The van der Waals surface area contributed by atoms with Crippen molar-refractivity contribution >= 4 is 11.7 Å². The van der Waals surface area contributed by atoms with Crippen LogP contribution < -0.4 is 10.5 Å². The molecule has 6 heteroatoms. The van der Waals surface area contributed by atoms with Gasteiger partial charge in [0.2, 0.25) is 0 Å². The summed E-state index contributed by atoms with van der Waals surface area (Å²) in [7, 11) is 0. The van der Waals surface area contributed by atoms with Gasteiger partial charge >= 0.3 is 5.97 Å². The lowest BCUT2D eigenvalue weighted by Crippen LogP contribution is -2.10. The number of nitrogens with zero attached hydrogens (tertiary/aromatic N) is 1. The molecule has 6 nitrogen and oxygen atoms in total. The maximum atomic E-state index is 11.3. The van der Waals surface area contributed by atoms with Crippen molar-refractivity contribution in [3.63, 3.8) is 0 Å². The number of carbonyl (C=O) groups excluding carboxylic acids is 1. The fraction of sp³-hybridized carbons (Fsp3) is 0.300. The Balaban J connectivity index is 2.46. The maximum absolute atomic E-state index is 11.3. The smallest absolute Gasteiger partial charge is 0.311 e. The van der Waals surface area contributed by atoms with Crippen molar-refractivity contribution in [1.82, 2.24) is 0 Å². The van der Waals surface area contributed by atoms with Crippen LogP contribution in [0.1, 0.15) is 12.8 Å². The second-order valence-electron chi connectivity index (χ2n) is 3.08. The summed E-state index contributed by atoms with van der Waals surface area (Å²) >= 11 is 0. The van der Waals surface area contributed by atoms with Crippen LogP contribution in [0, 0.1) is 10.1 Å². The predicted molar refractivity (Wildman–Crippen MR) is 57.0 cm³/mol. The topological polar surface area (TPSA) is 95.5 Å². The number of nitro benzene ring substituents is 1. The number of nitro groups is 1. The first-order valence-corrected chi connectivity index (χ1v) is 4.73. The van der Waals surface area contributed by atoms with Gasteiger partial charge in [0.05, 0.1) is 4.92 Å². The number of nitrogens with two attached hydrogens (primary N) is 1. The molecule has 1 aromatic rings. The summed E-state index contributed by atoms with van der Waals surface area (Å²) in [5.41, 5.74) is 2.12. The molecule has 0 aliphatic heterocycles. The first-order valence-electron chi connectivity index (χ1n) is 5.23. The third-order valence-electron chi connectivity index (χ3n) is 1.84. The Morgan fingerprint density at radius 1 is 1.50 bits per heavy atom. The van der Waals surface area contributed by atoms with Gasteiger partial charge in [-0.15, -0.1) is 0 Å². The average molecular weight is 226 g/mol. The molecule has 0 aliphatic rings. The van der Waals surface area contributed by atoms with E-state index in [1.165, 1.54) is 24.3 Å². The van der Waals surface area contributed by atoms with Crippen molar-refractivity contribution in [2.75, 3.05) is 6.54 Å². The number of ether oxygens (including phenoxy) is 1. The van der Waals surface area contributed by atoms with E-state index in [2.05, 4.69) is 5.73 Å². The molecule has 0 saturated carbocycles. The molecule has 1 rings (SSSR count). The van der Waals surface area contributed by atoms with Crippen LogP contribution in [0.25, 0.3) is 0 Å². The number of rotatable bonds is 6. The van der Waals surface area contributed by atoms with Crippen LogP contribution in [0.5, 0.6) is 5.75 Å². The van der Waals surface area contributed by atoms with Gasteiger partial charge in [-0.3, -0.25) is 14.9 Å². The Labute approximate surface area is 93.6 Å². The lowest BCUT2D eigenvalue weighted by Gasteiger charge is -2.02. The predicted octanol–water partition coefficient (Wildman–Crippen LogP) is 1.24. The highest BCUT2D eigenvalue weighted by Gasteiger charge is 2.07. The van der Waals surface area contributed by atoms with Crippen molar-refractivity contribution in [2.24, 2.45) is 5.73 Å². The Morgan fingerprint density at radius 2 is 2.19 bits per heavy atom. The molecular weight excluding hydrogens is 212 g/mol. The molecule has 0 fully saturated rings. The zero-order valence-electron chi connectivity index (χ0n) is 9.51. The highest BCUT2D eigenvalue weighted by atomic mass is 16.6. The second-order valence-corrected chi connectivity index (χ2v) is 3.08. The summed E-state index contributed by atoms with van der Waals surface area (Å²) < 4.78 is 11.6. The average Bonchev–Trinajstić information content (AvgIpc) is 2.30. The van der Waals surface area contributed by atoms with E-state index < -0.39 is 10.9 Å². The van der Waals surface area contributed by atoms with E-state index in [0.717, 1.165) is 0 Å². The summed E-state index contributed by atoms with van der Waals surface area (Å²) in [5, 5.41) is 10.4. The van der Waals surface area contributed by atoms with Crippen LogP contribution in [0.15, 0.2) is 24.3 Å². The van der Waals surface area contributed by atoms with E-state index in [4.69, 9.17) is 6.15 Å². The van der Waals surface area contributed by atoms with Gasteiger partial charge in [0, 0.05) is 18.6 Å². The summed E-state index contributed by atoms with van der Waals surface area (Å²) in [4.78, 5) is 21.1. The largest absolute Gasteiger partial charge is 0.427 e. The highest BCUT2D eigenvalue weighted by molar-refractivity contribution is 5.72. The van der Waals surface area contributed by atoms with E-state index in [1.54, 1.807) is 0 Å². The molecule has 0 bridgehead atoms. The van der Waals surface area contributed by atoms with Gasteiger partial charge in [0.25, 0.3) is 5.69 Å². The van der Waals surface area contributed by atoms with Crippen molar-refractivity contribution in [3.05, 3.63) is 34.4 Å². The zero-order valence-corrected chi connectivity index (χ0v) is 8.51. The van der Waals surface area contributed by atoms with Gasteiger partial charge in [0.1, 0.15) is 7.16 Å². The molecule has 0 unspecified atom stereocenters. The van der Waals surface area contributed by atoms with E-state index in [9.17, 15) is 14.9 Å². The fourth-order valence-corrected chi connectivity index (χ4v) is 1.05. The molecule has 0 amide bonds. The van der Waals surface area contributed by atoms with Crippen LogP contribution >= 0.6 is 0 Å². The lowest BCUT2D eigenvalue weighted by atomic mass is 10.3. The van der Waals surface area contributed by atoms with Crippen molar-refractivity contribution in [3.8, 4) is 5.75 Å². The third-order valence-corrected chi connectivity index (χ3v) is 1.84. The van der Waals surface area contributed by atoms with Gasteiger partial charge in [-0.2, -0.15) is 0 Å². The molecule has 0 saturated heterocycles. The minimum atomic E-state index is -0.522. The second kappa shape index (κ2) is 5.82. The number of carbonyl (C=O) groups is 1. The molecule has 86 valence electrons. The highest BCUT2D eigenvalue weighted by Crippen LogP contribution is 2.17. The molecule has 0 spiro atoms. The van der Waals surface area contributed by atoms with Crippen LogP contribution in [0.4, 0.5) is 5.69 Å². The van der Waals surface area contributed by atoms with Gasteiger partial charge in [-0.05, 0) is 25.1 Å². The number of hydrogen-bond acceptors (Lipinski definition) is 5. The quantitative estimate of drug-likeness (QED) is 0.259. The maximum Gasteiger partial charge on any atom is 0.311 e. The minimum absolute atomic E-state index is 0.0526. The molecule has 0 atom stereocenters. The first kappa shape index (κ1) is 10.6. The normalized spacial score (nSPS) is 10.6. The summed E-state index contributed by atoms with van der Waals surface area (Å²) in [6.45, 7) is 0.412. The molecule has 1 aromatic carbocycles. The monoisotopic (exact) mass is 226 g/mol. The molecule has 0 aliphatic carbocycles. The summed E-state index contributed by atoms with van der Waals surface area (Å²) in [5.74, 6) is -0.145. The summed E-state index contributed by atoms with van der Waals surface area (Å²) in [6, 6.07) is 5.29. The molecule has 0 heterocycles. The first-order chi connectivity index (χ1) is 8.13. The van der Waals surface area contributed by atoms with Gasteiger partial charge in [-0.1, -0.05) is 0 Å². The Kier molecular flexibility index (Phi) is 3.84. The molecule has 0 aromatic heterocycles. The Bertz CT molecular complexity index is 394. The SMILES string of the molecule is [3H]NCCCC(=O)Oc1ccc([N+](=O)[O-])cc1. The standard InChI is InChI=1S/C10H12N2O4/c11-7-1-2-10(13)16-9-5-3-8(4-6-9)12(14)15/h3-6H,1-2,7,11H2/i/hT. The molecule has 16 heavy (non-hydrogen) atoms. The number of hydrogen-bond donors (Lipinski definition) is 1. The van der Waals surface area contributed by atoms with E-state index in [1.807, 2.05) is 0 Å². The van der Waals surface area contributed by atoms with Crippen molar-refractivity contribution in [2.45, 2.75) is 12.8 Å². The van der Waals surface area contributed by atoms with Gasteiger partial charge in [0.15, 0.2) is 0 Å². The van der Waals surface area contributed by atoms with Crippen LogP contribution in [0.2, 0.25) is 1.41 Å². The van der Waals surface area contributed by atoms with E-state index in [-0.39, 0.29) is 17.9 Å². The molecule has 0 radical (unpaired) electrons. The minimum Gasteiger partial charge on any atom is -0.427 e. The van der Waals surface area contributed by atoms with Crippen LogP contribution in [-0.4, -0.2) is 17.4 Å². The lowest BCUT2D eigenvalue weighted by molar-refractivity contribution is -0.384. The van der Waals surface area contributed by atoms with Crippen LogP contribution in [-0.2, 0) is 4.79 Å². The molecule has 2 N–H and O–H groups in total. The Morgan fingerprint density at radius 3 is 2.75 bits per heavy atom. The number of non-ortho nitro benzene ring substituents is 1. The fourth-order valence-electron chi connectivity index (χ4n) is 1.05. The summed E-state index contributed by atoms with van der Waals surface area (Å²) in [6.07, 6.45) is 0.707. The van der Waals surface area contributed by atoms with E-state index in [0.29, 0.717) is 13.0 Å². The molecular formula is C10H12N2O4. The Hall–Kier alpha value is -1.95. The van der Waals surface area contributed by atoms with Gasteiger partial charge in [-0.25, -0.2) is 0 Å². The van der Waals surface area contributed by atoms with Gasteiger partial charge < -0.3 is 10.5 Å².